The number of pyridine rings is 1. The zero-order valence-electron chi connectivity index (χ0n) is 15.4. The molecule has 0 radical (unpaired) electrons. The van der Waals surface area contributed by atoms with Crippen LogP contribution in [0.1, 0.15) is 45.9 Å². The number of amides is 2. The first-order chi connectivity index (χ1) is 12.3. The second-order valence-corrected chi connectivity index (χ2v) is 7.45. The molecule has 1 atom stereocenters. The Morgan fingerprint density at radius 1 is 1.27 bits per heavy atom. The molecule has 8 heteroatoms. The van der Waals surface area contributed by atoms with Crippen molar-refractivity contribution in [1.82, 2.24) is 24.8 Å². The number of carbonyl (C=O) groups is 2. The SMILES string of the molecule is CC(C)(C)OC(=O)N1CCCCC1C(=O)NCc1nnc2ccccn12. The van der Waals surface area contributed by atoms with Crippen LogP contribution >= 0.6 is 0 Å². The molecule has 1 aliphatic rings. The topological polar surface area (TPSA) is 88.8 Å². The molecule has 2 aromatic heterocycles. The van der Waals surface area contributed by atoms with Crippen molar-refractivity contribution in [1.29, 1.82) is 0 Å². The Kier molecular flexibility index (Phi) is 5.11. The maximum absolute atomic E-state index is 12.7. The Hall–Kier alpha value is -2.64. The third-order valence-electron chi connectivity index (χ3n) is 4.24. The van der Waals surface area contributed by atoms with Gasteiger partial charge in [-0.15, -0.1) is 10.2 Å². The van der Waals surface area contributed by atoms with Crippen molar-refractivity contribution in [3.05, 3.63) is 30.2 Å². The third kappa shape index (κ3) is 4.12. The molecule has 1 unspecified atom stereocenters. The summed E-state index contributed by atoms with van der Waals surface area (Å²) in [5.74, 6) is 0.455. The van der Waals surface area contributed by atoms with Gasteiger partial charge in [-0.05, 0) is 52.2 Å². The predicted molar refractivity (Wildman–Crippen MR) is 95.4 cm³/mol. The zero-order valence-corrected chi connectivity index (χ0v) is 15.4. The van der Waals surface area contributed by atoms with E-state index in [0.717, 1.165) is 18.5 Å². The normalized spacial score (nSPS) is 18.0. The third-order valence-corrected chi connectivity index (χ3v) is 4.24. The lowest BCUT2D eigenvalue weighted by molar-refractivity contribution is -0.127. The van der Waals surface area contributed by atoms with Crippen molar-refractivity contribution < 1.29 is 14.3 Å². The molecule has 1 N–H and O–H groups in total. The summed E-state index contributed by atoms with van der Waals surface area (Å²) in [5, 5.41) is 11.1. The Bertz CT molecular complexity index is 795. The summed E-state index contributed by atoms with van der Waals surface area (Å²) in [5.41, 5.74) is 0.139. The Balaban J connectivity index is 1.66. The highest BCUT2D eigenvalue weighted by Gasteiger charge is 2.34. The Morgan fingerprint density at radius 3 is 2.85 bits per heavy atom. The second kappa shape index (κ2) is 7.31. The van der Waals surface area contributed by atoms with E-state index in [4.69, 9.17) is 4.74 Å². The van der Waals surface area contributed by atoms with E-state index in [-0.39, 0.29) is 12.5 Å². The summed E-state index contributed by atoms with van der Waals surface area (Å²) < 4.78 is 7.27. The van der Waals surface area contributed by atoms with Crippen LogP contribution in [0.2, 0.25) is 0 Å². The molecule has 8 nitrogen and oxygen atoms in total. The minimum atomic E-state index is -0.587. The molecular weight excluding hydrogens is 334 g/mol. The molecule has 0 aliphatic carbocycles. The molecule has 2 amide bonds. The smallest absolute Gasteiger partial charge is 0.410 e. The van der Waals surface area contributed by atoms with Crippen LogP contribution in [0.4, 0.5) is 4.79 Å². The first-order valence-electron chi connectivity index (χ1n) is 8.91. The molecule has 140 valence electrons. The van der Waals surface area contributed by atoms with Gasteiger partial charge in [-0.25, -0.2) is 4.79 Å². The van der Waals surface area contributed by atoms with Gasteiger partial charge in [0.15, 0.2) is 11.5 Å². The Morgan fingerprint density at radius 2 is 2.08 bits per heavy atom. The summed E-state index contributed by atoms with van der Waals surface area (Å²) >= 11 is 0. The predicted octanol–water partition coefficient (Wildman–Crippen LogP) is 2.14. The van der Waals surface area contributed by atoms with Gasteiger partial charge in [-0.3, -0.25) is 14.1 Å². The number of hydrogen-bond donors (Lipinski definition) is 1. The fourth-order valence-corrected chi connectivity index (χ4v) is 3.04. The van der Waals surface area contributed by atoms with Gasteiger partial charge in [-0.1, -0.05) is 6.07 Å². The fourth-order valence-electron chi connectivity index (χ4n) is 3.04. The van der Waals surface area contributed by atoms with Gasteiger partial charge in [-0.2, -0.15) is 0 Å². The van der Waals surface area contributed by atoms with Crippen molar-refractivity contribution in [3.63, 3.8) is 0 Å². The molecule has 1 aliphatic heterocycles. The van der Waals surface area contributed by atoms with Gasteiger partial charge >= 0.3 is 6.09 Å². The van der Waals surface area contributed by atoms with Crippen molar-refractivity contribution in [2.24, 2.45) is 0 Å². The highest BCUT2D eigenvalue weighted by atomic mass is 16.6. The zero-order chi connectivity index (χ0) is 18.7. The average Bonchev–Trinajstić information content (AvgIpc) is 3.01. The average molecular weight is 359 g/mol. The van der Waals surface area contributed by atoms with Crippen molar-refractivity contribution in [2.45, 2.75) is 58.2 Å². The van der Waals surface area contributed by atoms with E-state index in [1.165, 1.54) is 4.90 Å². The number of ether oxygens (including phenoxy) is 1. The van der Waals surface area contributed by atoms with Crippen LogP contribution in [0.25, 0.3) is 5.65 Å². The van der Waals surface area contributed by atoms with Crippen LogP contribution in [-0.2, 0) is 16.1 Å². The molecule has 0 spiro atoms. The van der Waals surface area contributed by atoms with E-state index in [0.29, 0.717) is 18.8 Å². The number of hydrogen-bond acceptors (Lipinski definition) is 5. The molecule has 3 rings (SSSR count). The maximum atomic E-state index is 12.7. The minimum Gasteiger partial charge on any atom is -0.444 e. The summed E-state index contributed by atoms with van der Waals surface area (Å²) in [6.45, 7) is 6.24. The lowest BCUT2D eigenvalue weighted by atomic mass is 10.0. The minimum absolute atomic E-state index is 0.191. The number of nitrogens with zero attached hydrogens (tertiary/aromatic N) is 4. The van der Waals surface area contributed by atoms with Crippen LogP contribution in [0.15, 0.2) is 24.4 Å². The van der Waals surface area contributed by atoms with Crippen LogP contribution < -0.4 is 5.32 Å². The quantitative estimate of drug-likeness (QED) is 0.907. The molecule has 0 saturated carbocycles. The van der Waals surface area contributed by atoms with E-state index < -0.39 is 17.7 Å². The largest absolute Gasteiger partial charge is 0.444 e. The van der Waals surface area contributed by atoms with E-state index in [1.807, 2.05) is 49.6 Å². The monoisotopic (exact) mass is 359 g/mol. The molecule has 2 aromatic rings. The number of aromatic nitrogens is 3. The molecular formula is C18H25N5O3. The molecule has 0 bridgehead atoms. The van der Waals surface area contributed by atoms with E-state index >= 15 is 0 Å². The number of rotatable bonds is 3. The molecule has 26 heavy (non-hydrogen) atoms. The van der Waals surface area contributed by atoms with Gasteiger partial charge in [0.2, 0.25) is 5.91 Å². The number of likely N-dealkylation sites (tertiary alicyclic amines) is 1. The summed E-state index contributed by atoms with van der Waals surface area (Å²) in [4.78, 5) is 26.7. The van der Waals surface area contributed by atoms with E-state index in [1.54, 1.807) is 0 Å². The maximum Gasteiger partial charge on any atom is 0.410 e. The van der Waals surface area contributed by atoms with E-state index in [9.17, 15) is 9.59 Å². The van der Waals surface area contributed by atoms with E-state index in [2.05, 4.69) is 15.5 Å². The molecule has 3 heterocycles. The van der Waals surface area contributed by atoms with Crippen molar-refractivity contribution in [2.75, 3.05) is 6.54 Å². The molecule has 1 saturated heterocycles. The van der Waals surface area contributed by atoms with Crippen molar-refractivity contribution >= 4 is 17.6 Å². The number of carbonyl (C=O) groups excluding carboxylic acids is 2. The summed E-state index contributed by atoms with van der Waals surface area (Å²) in [6.07, 6.45) is 3.82. The standard InChI is InChI=1S/C18H25N5O3/c1-18(2,3)26-17(25)22-10-6-4-8-13(22)16(24)19-12-15-21-20-14-9-5-7-11-23(14)15/h5,7,9,11,13H,4,6,8,10,12H2,1-3H3,(H,19,24). The number of nitrogens with one attached hydrogen (secondary N) is 1. The van der Waals surface area contributed by atoms with Crippen LogP contribution in [0.3, 0.4) is 0 Å². The first kappa shape index (κ1) is 18.2. The lowest BCUT2D eigenvalue weighted by Gasteiger charge is -2.35. The number of piperidine rings is 1. The Labute approximate surface area is 152 Å². The van der Waals surface area contributed by atoms with Crippen LogP contribution in [-0.4, -0.2) is 49.7 Å². The summed E-state index contributed by atoms with van der Waals surface area (Å²) in [7, 11) is 0. The molecule has 0 aromatic carbocycles. The second-order valence-electron chi connectivity index (χ2n) is 7.45. The van der Waals surface area contributed by atoms with Crippen LogP contribution in [0.5, 0.6) is 0 Å². The van der Waals surface area contributed by atoms with Gasteiger partial charge in [0.1, 0.15) is 11.6 Å². The lowest BCUT2D eigenvalue weighted by Crippen LogP contribution is -2.53. The van der Waals surface area contributed by atoms with Gasteiger partial charge in [0.25, 0.3) is 0 Å². The highest BCUT2D eigenvalue weighted by Crippen LogP contribution is 2.20. The van der Waals surface area contributed by atoms with Crippen LogP contribution in [0, 0.1) is 0 Å². The van der Waals surface area contributed by atoms with Gasteiger partial charge in [0.05, 0.1) is 6.54 Å². The molecule has 1 fully saturated rings. The fraction of sp³-hybridized carbons (Fsp3) is 0.556. The highest BCUT2D eigenvalue weighted by molar-refractivity contribution is 5.85. The van der Waals surface area contributed by atoms with Gasteiger partial charge in [0, 0.05) is 12.7 Å². The first-order valence-corrected chi connectivity index (χ1v) is 8.91. The van der Waals surface area contributed by atoms with Gasteiger partial charge < -0.3 is 10.1 Å². The van der Waals surface area contributed by atoms with Crippen molar-refractivity contribution in [3.8, 4) is 0 Å². The summed E-state index contributed by atoms with van der Waals surface area (Å²) in [6, 6.07) is 5.10. The number of fused-ring (bicyclic) bond motifs is 1.